The quantitative estimate of drug-likeness (QED) is 0.749. The van der Waals surface area contributed by atoms with Gasteiger partial charge in [-0.1, -0.05) is 41.0 Å². The molecular formula is C18H38N2. The van der Waals surface area contributed by atoms with Crippen molar-refractivity contribution in [3.8, 4) is 0 Å². The van der Waals surface area contributed by atoms with Crippen LogP contribution in [0.3, 0.4) is 0 Å². The van der Waals surface area contributed by atoms with E-state index in [2.05, 4.69) is 58.8 Å². The maximum atomic E-state index is 3.74. The second-order valence-corrected chi connectivity index (χ2v) is 7.51. The fourth-order valence-electron chi connectivity index (χ4n) is 3.71. The van der Waals surface area contributed by atoms with Crippen LogP contribution in [-0.2, 0) is 0 Å². The van der Waals surface area contributed by atoms with Gasteiger partial charge in [0.05, 0.1) is 0 Å². The number of hydrogen-bond donors (Lipinski definition) is 1. The molecule has 1 rings (SSSR count). The van der Waals surface area contributed by atoms with Crippen LogP contribution < -0.4 is 5.32 Å². The zero-order valence-corrected chi connectivity index (χ0v) is 15.0. The van der Waals surface area contributed by atoms with Gasteiger partial charge in [0.1, 0.15) is 0 Å². The molecule has 0 aromatic carbocycles. The maximum Gasteiger partial charge on any atom is 0.0251 e. The Morgan fingerprint density at radius 2 is 1.85 bits per heavy atom. The van der Waals surface area contributed by atoms with Crippen LogP contribution in [-0.4, -0.2) is 36.6 Å². The van der Waals surface area contributed by atoms with E-state index in [0.29, 0.717) is 23.5 Å². The molecule has 0 spiro atoms. The molecule has 1 saturated carbocycles. The van der Waals surface area contributed by atoms with Crippen LogP contribution in [0.4, 0.5) is 0 Å². The summed E-state index contributed by atoms with van der Waals surface area (Å²) < 4.78 is 0. The molecule has 0 radical (unpaired) electrons. The average Bonchev–Trinajstić information content (AvgIpc) is 2.46. The van der Waals surface area contributed by atoms with E-state index in [4.69, 9.17) is 0 Å². The van der Waals surface area contributed by atoms with Gasteiger partial charge in [0.25, 0.3) is 0 Å². The first-order valence-electron chi connectivity index (χ1n) is 8.82. The van der Waals surface area contributed by atoms with Crippen molar-refractivity contribution in [1.29, 1.82) is 0 Å². The van der Waals surface area contributed by atoms with Crippen molar-refractivity contribution in [2.24, 2.45) is 11.3 Å². The van der Waals surface area contributed by atoms with Crippen LogP contribution in [0.1, 0.15) is 73.6 Å². The predicted octanol–water partition coefficient (Wildman–Crippen LogP) is 4.30. The normalized spacial score (nSPS) is 29.7. The monoisotopic (exact) mass is 282 g/mol. The van der Waals surface area contributed by atoms with Crippen LogP contribution in [0.2, 0.25) is 0 Å². The zero-order chi connectivity index (χ0) is 15.3. The van der Waals surface area contributed by atoms with E-state index >= 15 is 0 Å². The summed E-state index contributed by atoms with van der Waals surface area (Å²) in [6.45, 7) is 15.3. The van der Waals surface area contributed by atoms with Gasteiger partial charge in [0, 0.05) is 18.1 Å². The van der Waals surface area contributed by atoms with E-state index in [0.717, 1.165) is 12.5 Å². The molecule has 1 aliphatic carbocycles. The third kappa shape index (κ3) is 4.21. The van der Waals surface area contributed by atoms with Crippen LogP contribution in [0.5, 0.6) is 0 Å². The molecule has 0 bridgehead atoms. The van der Waals surface area contributed by atoms with Crippen molar-refractivity contribution in [2.75, 3.05) is 13.6 Å². The van der Waals surface area contributed by atoms with E-state index < -0.39 is 0 Å². The second-order valence-electron chi connectivity index (χ2n) is 7.51. The first kappa shape index (κ1) is 18.0. The van der Waals surface area contributed by atoms with Crippen LogP contribution in [0, 0.1) is 11.3 Å². The Morgan fingerprint density at radius 1 is 1.20 bits per heavy atom. The first-order chi connectivity index (χ1) is 9.37. The van der Waals surface area contributed by atoms with Gasteiger partial charge in [0.2, 0.25) is 0 Å². The molecule has 0 saturated heterocycles. The minimum absolute atomic E-state index is 0.492. The second kappa shape index (κ2) is 7.79. The predicted molar refractivity (Wildman–Crippen MR) is 90.2 cm³/mol. The lowest BCUT2D eigenvalue weighted by Gasteiger charge is -2.47. The number of hydrogen-bond acceptors (Lipinski definition) is 2. The van der Waals surface area contributed by atoms with Crippen molar-refractivity contribution in [3.05, 3.63) is 0 Å². The largest absolute Gasteiger partial charge is 0.313 e. The average molecular weight is 283 g/mol. The van der Waals surface area contributed by atoms with E-state index in [1.807, 2.05) is 0 Å². The molecule has 4 atom stereocenters. The third-order valence-corrected chi connectivity index (χ3v) is 6.11. The molecule has 0 amide bonds. The fourth-order valence-corrected chi connectivity index (χ4v) is 3.71. The molecule has 0 aromatic heterocycles. The number of rotatable bonds is 7. The van der Waals surface area contributed by atoms with Gasteiger partial charge in [-0.25, -0.2) is 0 Å². The summed E-state index contributed by atoms with van der Waals surface area (Å²) in [4.78, 5) is 2.64. The van der Waals surface area contributed by atoms with E-state index in [-0.39, 0.29) is 0 Å². The SMILES string of the molecule is CCNC1CCC(C(C)(C)CC)CC1N(C)C(C)CC. The summed E-state index contributed by atoms with van der Waals surface area (Å²) in [5.41, 5.74) is 0.492. The standard InChI is InChI=1S/C18H38N2/c1-8-14(4)20(7)17-13-15(18(5,6)9-2)11-12-16(17)19-10-3/h14-17,19H,8-13H2,1-7H3. The Morgan fingerprint density at radius 3 is 2.35 bits per heavy atom. The summed E-state index contributed by atoms with van der Waals surface area (Å²) in [5, 5.41) is 3.74. The lowest BCUT2D eigenvalue weighted by atomic mass is 9.67. The minimum atomic E-state index is 0.492. The van der Waals surface area contributed by atoms with Gasteiger partial charge in [-0.3, -0.25) is 4.90 Å². The summed E-state index contributed by atoms with van der Waals surface area (Å²) in [6.07, 6.45) is 6.63. The molecule has 0 aromatic rings. The lowest BCUT2D eigenvalue weighted by molar-refractivity contribution is 0.0452. The highest BCUT2D eigenvalue weighted by Crippen LogP contribution is 2.41. The Kier molecular flexibility index (Phi) is 7.00. The molecule has 2 nitrogen and oxygen atoms in total. The lowest BCUT2D eigenvalue weighted by Crippen LogP contribution is -2.55. The van der Waals surface area contributed by atoms with Gasteiger partial charge in [-0.15, -0.1) is 0 Å². The van der Waals surface area contributed by atoms with E-state index in [1.165, 1.54) is 32.1 Å². The molecule has 4 unspecified atom stereocenters. The van der Waals surface area contributed by atoms with Gasteiger partial charge < -0.3 is 5.32 Å². The Labute approximate surface area is 127 Å². The highest BCUT2D eigenvalue weighted by atomic mass is 15.2. The van der Waals surface area contributed by atoms with E-state index in [1.54, 1.807) is 0 Å². The third-order valence-electron chi connectivity index (χ3n) is 6.11. The molecule has 120 valence electrons. The molecule has 2 heteroatoms. The van der Waals surface area contributed by atoms with Crippen molar-refractivity contribution in [1.82, 2.24) is 10.2 Å². The van der Waals surface area contributed by atoms with E-state index in [9.17, 15) is 0 Å². The highest BCUT2D eigenvalue weighted by Gasteiger charge is 2.39. The Bertz CT molecular complexity index is 273. The smallest absolute Gasteiger partial charge is 0.0251 e. The number of nitrogens with one attached hydrogen (secondary N) is 1. The van der Waals surface area contributed by atoms with Crippen molar-refractivity contribution in [3.63, 3.8) is 0 Å². The zero-order valence-electron chi connectivity index (χ0n) is 15.0. The summed E-state index contributed by atoms with van der Waals surface area (Å²) in [5.74, 6) is 0.874. The van der Waals surface area contributed by atoms with Crippen molar-refractivity contribution in [2.45, 2.75) is 91.8 Å². The van der Waals surface area contributed by atoms with Gasteiger partial charge in [0.15, 0.2) is 0 Å². The Hall–Kier alpha value is -0.0800. The highest BCUT2D eigenvalue weighted by molar-refractivity contribution is 4.95. The molecule has 1 N–H and O–H groups in total. The number of nitrogens with zero attached hydrogens (tertiary/aromatic N) is 1. The van der Waals surface area contributed by atoms with Gasteiger partial charge in [-0.2, -0.15) is 0 Å². The first-order valence-corrected chi connectivity index (χ1v) is 8.82. The van der Waals surface area contributed by atoms with Crippen LogP contribution >= 0.6 is 0 Å². The molecule has 0 heterocycles. The molecular weight excluding hydrogens is 244 g/mol. The van der Waals surface area contributed by atoms with Crippen molar-refractivity contribution >= 4 is 0 Å². The summed E-state index contributed by atoms with van der Waals surface area (Å²) in [7, 11) is 2.34. The summed E-state index contributed by atoms with van der Waals surface area (Å²) in [6, 6.07) is 2.07. The van der Waals surface area contributed by atoms with Crippen LogP contribution in [0.25, 0.3) is 0 Å². The maximum absolute atomic E-state index is 3.74. The van der Waals surface area contributed by atoms with Gasteiger partial charge in [-0.05, 0) is 57.5 Å². The molecule has 0 aliphatic heterocycles. The van der Waals surface area contributed by atoms with Gasteiger partial charge >= 0.3 is 0 Å². The Balaban J connectivity index is 2.81. The topological polar surface area (TPSA) is 15.3 Å². The minimum Gasteiger partial charge on any atom is -0.313 e. The number of likely N-dealkylation sites (N-methyl/N-ethyl adjacent to an activating group) is 2. The molecule has 1 aliphatic rings. The fraction of sp³-hybridized carbons (Fsp3) is 1.00. The summed E-state index contributed by atoms with van der Waals surface area (Å²) >= 11 is 0. The molecule has 1 fully saturated rings. The van der Waals surface area contributed by atoms with Crippen LogP contribution in [0.15, 0.2) is 0 Å². The molecule has 20 heavy (non-hydrogen) atoms. The van der Waals surface area contributed by atoms with Crippen molar-refractivity contribution < 1.29 is 0 Å².